The van der Waals surface area contributed by atoms with E-state index in [1.807, 2.05) is 6.08 Å². The topological polar surface area (TPSA) is 49.3 Å². The van der Waals surface area contributed by atoms with Crippen molar-refractivity contribution in [2.75, 3.05) is 6.61 Å². The average Bonchev–Trinajstić information content (AvgIpc) is 3.24. The first-order chi connectivity index (χ1) is 10.6. The van der Waals surface area contributed by atoms with Gasteiger partial charge in [0.15, 0.2) is 0 Å². The van der Waals surface area contributed by atoms with Gasteiger partial charge in [-0.1, -0.05) is 29.3 Å². The molecule has 1 amide bonds. The second kappa shape index (κ2) is 5.10. The fourth-order valence-corrected chi connectivity index (χ4v) is 4.21. The number of amides is 1. The lowest BCUT2D eigenvalue weighted by Crippen LogP contribution is -2.16. The Bertz CT molecular complexity index is 665. The smallest absolute Gasteiger partial charge is 0.224 e. The van der Waals surface area contributed by atoms with Crippen LogP contribution in [0.1, 0.15) is 38.5 Å². The maximum absolute atomic E-state index is 11.5. The first-order valence-electron chi connectivity index (χ1n) is 8.03. The molecule has 0 aromatic rings. The monoisotopic (exact) mass is 317 g/mol. The van der Waals surface area contributed by atoms with Gasteiger partial charge in [-0.05, 0) is 49.3 Å². The van der Waals surface area contributed by atoms with Crippen molar-refractivity contribution in [2.45, 2.75) is 38.5 Å². The first-order valence-corrected chi connectivity index (χ1v) is 8.41. The predicted molar refractivity (Wildman–Crippen MR) is 86.0 cm³/mol. The summed E-state index contributed by atoms with van der Waals surface area (Å²) in [6.07, 6.45) is 11.9. The molecule has 1 heterocycles. The number of fused-ring (bicyclic) bond motifs is 1. The standard InChI is InChI=1S/C18H20ClNO2/c19-15-9-16-12(8-17(22)20-16)7-14(15)11-1-3-13(4-2-11)18(10-21)5-6-18/h1,3,9,12,21H,2,4-8,10H2,(H,20,22). The summed E-state index contributed by atoms with van der Waals surface area (Å²) in [4.78, 5) is 11.5. The molecule has 22 heavy (non-hydrogen) atoms. The van der Waals surface area contributed by atoms with Crippen molar-refractivity contribution in [1.29, 1.82) is 0 Å². The maximum atomic E-state index is 11.5. The van der Waals surface area contributed by atoms with Crippen LogP contribution in [0.3, 0.4) is 0 Å². The van der Waals surface area contributed by atoms with Gasteiger partial charge in [0.1, 0.15) is 0 Å². The van der Waals surface area contributed by atoms with Crippen molar-refractivity contribution in [3.05, 3.63) is 45.7 Å². The molecule has 1 saturated heterocycles. The van der Waals surface area contributed by atoms with Crippen molar-refractivity contribution in [2.24, 2.45) is 11.3 Å². The third kappa shape index (κ3) is 2.27. The minimum atomic E-state index is 0.0850. The number of carbonyl (C=O) groups is 1. The number of halogens is 1. The van der Waals surface area contributed by atoms with Crippen LogP contribution in [0.25, 0.3) is 0 Å². The fourth-order valence-electron chi connectivity index (χ4n) is 3.90. The van der Waals surface area contributed by atoms with Crippen LogP contribution >= 0.6 is 11.6 Å². The van der Waals surface area contributed by atoms with Gasteiger partial charge in [0.05, 0.1) is 6.61 Å². The Morgan fingerprint density at radius 2 is 2.09 bits per heavy atom. The summed E-state index contributed by atoms with van der Waals surface area (Å²) in [5, 5.41) is 13.2. The van der Waals surface area contributed by atoms with Crippen molar-refractivity contribution in [3.8, 4) is 0 Å². The zero-order chi connectivity index (χ0) is 15.3. The van der Waals surface area contributed by atoms with Gasteiger partial charge >= 0.3 is 0 Å². The number of aliphatic hydroxyl groups excluding tert-OH is 1. The van der Waals surface area contributed by atoms with E-state index in [4.69, 9.17) is 11.6 Å². The summed E-state index contributed by atoms with van der Waals surface area (Å²) in [6, 6.07) is 0. The van der Waals surface area contributed by atoms with Crippen molar-refractivity contribution < 1.29 is 9.90 Å². The van der Waals surface area contributed by atoms with Crippen LogP contribution in [-0.2, 0) is 4.79 Å². The predicted octanol–water partition coefficient (Wildman–Crippen LogP) is 3.32. The van der Waals surface area contributed by atoms with Gasteiger partial charge in [-0.15, -0.1) is 0 Å². The minimum Gasteiger partial charge on any atom is -0.395 e. The van der Waals surface area contributed by atoms with Crippen LogP contribution in [0.4, 0.5) is 0 Å². The molecule has 3 aliphatic carbocycles. The molecular formula is C18H20ClNO2. The number of nitrogens with one attached hydrogen (secondary N) is 1. The van der Waals surface area contributed by atoms with Gasteiger partial charge in [-0.25, -0.2) is 0 Å². The molecule has 0 aromatic carbocycles. The van der Waals surface area contributed by atoms with Crippen LogP contribution in [0, 0.1) is 11.3 Å². The van der Waals surface area contributed by atoms with Crippen LogP contribution in [-0.4, -0.2) is 17.6 Å². The molecule has 0 radical (unpaired) electrons. The Morgan fingerprint density at radius 1 is 1.27 bits per heavy atom. The van der Waals surface area contributed by atoms with E-state index in [2.05, 4.69) is 17.5 Å². The van der Waals surface area contributed by atoms with Crippen LogP contribution in [0.15, 0.2) is 45.7 Å². The molecule has 1 aliphatic heterocycles. The molecule has 4 aliphatic rings. The van der Waals surface area contributed by atoms with E-state index in [1.54, 1.807) is 0 Å². The van der Waals surface area contributed by atoms with E-state index in [0.29, 0.717) is 6.42 Å². The summed E-state index contributed by atoms with van der Waals surface area (Å²) in [7, 11) is 0. The lowest BCUT2D eigenvalue weighted by molar-refractivity contribution is -0.119. The Morgan fingerprint density at radius 3 is 2.73 bits per heavy atom. The summed E-state index contributed by atoms with van der Waals surface area (Å²) < 4.78 is 0. The van der Waals surface area contributed by atoms with E-state index in [-0.39, 0.29) is 23.8 Å². The van der Waals surface area contributed by atoms with Crippen LogP contribution in [0.5, 0.6) is 0 Å². The van der Waals surface area contributed by atoms with Crippen LogP contribution in [0.2, 0.25) is 0 Å². The lowest BCUT2D eigenvalue weighted by atomic mass is 9.81. The van der Waals surface area contributed by atoms with Gasteiger partial charge in [0, 0.05) is 28.5 Å². The zero-order valence-electron chi connectivity index (χ0n) is 12.5. The van der Waals surface area contributed by atoms with Gasteiger partial charge in [-0.3, -0.25) is 4.79 Å². The highest BCUT2D eigenvalue weighted by Gasteiger charge is 2.45. The normalized spacial score (nSPS) is 29.5. The molecule has 0 aromatic heterocycles. The lowest BCUT2D eigenvalue weighted by Gasteiger charge is -2.26. The average molecular weight is 318 g/mol. The summed E-state index contributed by atoms with van der Waals surface area (Å²) in [5.74, 6) is 0.365. The molecular weight excluding hydrogens is 298 g/mol. The molecule has 0 spiro atoms. The largest absolute Gasteiger partial charge is 0.395 e. The van der Waals surface area contributed by atoms with E-state index >= 15 is 0 Å². The van der Waals surface area contributed by atoms with E-state index in [1.165, 1.54) is 16.7 Å². The quantitative estimate of drug-likeness (QED) is 0.839. The first kappa shape index (κ1) is 14.3. The second-order valence-electron chi connectivity index (χ2n) is 6.90. The number of aliphatic hydroxyl groups is 1. The van der Waals surface area contributed by atoms with Gasteiger partial charge in [0.2, 0.25) is 5.91 Å². The highest BCUT2D eigenvalue weighted by atomic mass is 35.5. The molecule has 1 atom stereocenters. The Kier molecular flexibility index (Phi) is 3.31. The molecule has 4 rings (SSSR count). The van der Waals surface area contributed by atoms with E-state index in [0.717, 1.165) is 42.8 Å². The van der Waals surface area contributed by atoms with E-state index in [9.17, 15) is 9.90 Å². The Labute approximate surface area is 135 Å². The second-order valence-corrected chi connectivity index (χ2v) is 7.31. The number of hydrogen-bond acceptors (Lipinski definition) is 2. The van der Waals surface area contributed by atoms with E-state index < -0.39 is 0 Å². The molecule has 2 N–H and O–H groups in total. The van der Waals surface area contributed by atoms with Gasteiger partial charge < -0.3 is 10.4 Å². The maximum Gasteiger partial charge on any atom is 0.224 e. The Balaban J connectivity index is 1.59. The fraction of sp³-hybridized carbons (Fsp3) is 0.500. The summed E-state index contributed by atoms with van der Waals surface area (Å²) in [5.41, 5.74) is 4.93. The highest BCUT2D eigenvalue weighted by Crippen LogP contribution is 2.54. The molecule has 1 unspecified atom stereocenters. The number of carbonyl (C=O) groups excluding carboxylic acids is 1. The number of rotatable bonds is 3. The molecule has 4 heteroatoms. The van der Waals surface area contributed by atoms with Crippen molar-refractivity contribution in [1.82, 2.24) is 5.32 Å². The van der Waals surface area contributed by atoms with Crippen molar-refractivity contribution >= 4 is 17.5 Å². The summed E-state index contributed by atoms with van der Waals surface area (Å²) >= 11 is 6.45. The van der Waals surface area contributed by atoms with Crippen molar-refractivity contribution in [3.63, 3.8) is 0 Å². The van der Waals surface area contributed by atoms with Gasteiger partial charge in [0.25, 0.3) is 0 Å². The Hall–Kier alpha value is -1.32. The highest BCUT2D eigenvalue weighted by molar-refractivity contribution is 6.32. The molecule has 1 saturated carbocycles. The number of allylic oxidation sites excluding steroid dienone is 7. The van der Waals surface area contributed by atoms with Gasteiger partial charge in [-0.2, -0.15) is 0 Å². The number of hydrogen-bond donors (Lipinski definition) is 2. The third-order valence-electron chi connectivity index (χ3n) is 5.55. The molecule has 0 bridgehead atoms. The zero-order valence-corrected chi connectivity index (χ0v) is 13.2. The van der Waals surface area contributed by atoms with Crippen LogP contribution < -0.4 is 5.32 Å². The third-order valence-corrected chi connectivity index (χ3v) is 5.89. The SMILES string of the molecule is O=C1CC2CC(C3=CC=C(C4(CO)CC4)CC3)=C(Cl)C=C2N1. The molecule has 2 fully saturated rings. The summed E-state index contributed by atoms with van der Waals surface area (Å²) in [6.45, 7) is 0.271. The minimum absolute atomic E-state index is 0.0850. The molecule has 3 nitrogen and oxygen atoms in total. The molecule has 116 valence electrons.